The van der Waals surface area contributed by atoms with E-state index in [0.29, 0.717) is 37.1 Å². The number of carbonyl (C=O) groups is 2. The Kier molecular flexibility index (Phi) is 5.06. The maximum absolute atomic E-state index is 13.2. The molecule has 0 atom stereocenters. The van der Waals surface area contributed by atoms with Gasteiger partial charge in [-0.1, -0.05) is 25.0 Å². The van der Waals surface area contributed by atoms with Crippen LogP contribution in [0.1, 0.15) is 25.7 Å². The normalized spacial score (nSPS) is 16.8. The molecule has 1 aromatic carbocycles. The smallest absolute Gasteiger partial charge is 0.328 e. The van der Waals surface area contributed by atoms with Crippen LogP contribution in [0.5, 0.6) is 0 Å². The third kappa shape index (κ3) is 3.19. The largest absolute Gasteiger partial charge is 0.471 e. The summed E-state index contributed by atoms with van der Waals surface area (Å²) in [5.74, 6) is -3.29. The van der Waals surface area contributed by atoms with Crippen molar-refractivity contribution in [1.82, 2.24) is 4.90 Å². The van der Waals surface area contributed by atoms with E-state index in [1.165, 1.54) is 0 Å². The lowest BCUT2D eigenvalue weighted by atomic mass is 10.1. The zero-order chi connectivity index (χ0) is 20.6. The number of rotatable bonds is 2. The Hall–Kier alpha value is -3.02. The quantitative estimate of drug-likeness (QED) is 0.571. The molecule has 0 N–H and O–H groups in total. The summed E-state index contributed by atoms with van der Waals surface area (Å²) in [4.78, 5) is 28.5. The Labute approximate surface area is 160 Å². The highest BCUT2D eigenvalue weighted by atomic mass is 19.4. The number of nitrogens with zero attached hydrogens (tertiary/aromatic N) is 4. The van der Waals surface area contributed by atoms with Crippen molar-refractivity contribution < 1.29 is 22.8 Å². The van der Waals surface area contributed by atoms with Crippen LogP contribution in [0.25, 0.3) is 0 Å². The lowest BCUT2D eigenvalue weighted by Crippen LogP contribution is -2.50. The van der Waals surface area contributed by atoms with Crippen LogP contribution in [-0.4, -0.2) is 43.0 Å². The lowest BCUT2D eigenvalue weighted by Gasteiger charge is -2.29. The van der Waals surface area contributed by atoms with Crippen molar-refractivity contribution >= 4 is 23.2 Å². The van der Waals surface area contributed by atoms with Crippen LogP contribution in [0, 0.1) is 11.3 Å². The zero-order valence-electron chi connectivity index (χ0n) is 15.5. The van der Waals surface area contributed by atoms with Crippen LogP contribution in [0.4, 0.5) is 24.5 Å². The molecule has 1 fully saturated rings. The maximum atomic E-state index is 13.2. The van der Waals surface area contributed by atoms with Crippen LogP contribution in [0.3, 0.4) is 0 Å². The predicted octanol–water partition coefficient (Wildman–Crippen LogP) is 3.17. The molecule has 0 radical (unpaired) electrons. The zero-order valence-corrected chi connectivity index (χ0v) is 15.5. The van der Waals surface area contributed by atoms with E-state index in [0.717, 1.165) is 0 Å². The molecule has 1 aliphatic carbocycles. The van der Waals surface area contributed by atoms with Crippen molar-refractivity contribution in [3.8, 4) is 6.07 Å². The fourth-order valence-electron chi connectivity index (χ4n) is 3.86. The monoisotopic (exact) mass is 392 g/mol. The van der Waals surface area contributed by atoms with Crippen molar-refractivity contribution in [2.24, 2.45) is 0 Å². The second kappa shape index (κ2) is 7.19. The Balaban J connectivity index is 2.08. The first kappa shape index (κ1) is 19.7. The topological polar surface area (TPSA) is 67.6 Å². The molecule has 2 aliphatic rings. The van der Waals surface area contributed by atoms with Gasteiger partial charge in [0.25, 0.3) is 5.91 Å². The number of benzene rings is 1. The number of imide groups is 1. The minimum Gasteiger partial charge on any atom is -0.328 e. The maximum Gasteiger partial charge on any atom is 0.471 e. The van der Waals surface area contributed by atoms with Crippen molar-refractivity contribution in [2.75, 3.05) is 23.9 Å². The molecule has 3 rings (SSSR count). The standard InChI is InChI=1S/C19H19F3N4O2/c1-24-14-9-5-6-10-15(14)25(2)16(24)13(11-23)17(27)26(12-7-3-4-8-12)18(28)19(20,21)22/h5-6,9-10,12H,3-4,7-8H2,1-2H3. The second-order valence-electron chi connectivity index (χ2n) is 6.83. The van der Waals surface area contributed by atoms with Crippen LogP contribution in [0.2, 0.25) is 0 Å². The summed E-state index contributed by atoms with van der Waals surface area (Å²) in [5, 5.41) is 9.65. The van der Waals surface area contributed by atoms with Crippen LogP contribution < -0.4 is 9.80 Å². The summed E-state index contributed by atoms with van der Waals surface area (Å²) in [7, 11) is 3.24. The molecular formula is C19H19F3N4O2. The van der Waals surface area contributed by atoms with Crippen molar-refractivity contribution in [3.63, 3.8) is 0 Å². The highest BCUT2D eigenvalue weighted by Gasteiger charge is 2.49. The minimum atomic E-state index is -5.19. The van der Waals surface area contributed by atoms with E-state index in [1.54, 1.807) is 54.2 Å². The van der Waals surface area contributed by atoms with Gasteiger partial charge in [-0.15, -0.1) is 0 Å². The molecule has 6 nitrogen and oxygen atoms in total. The van der Waals surface area contributed by atoms with Gasteiger partial charge in [0.2, 0.25) is 0 Å². The van der Waals surface area contributed by atoms with Gasteiger partial charge < -0.3 is 9.80 Å². The van der Waals surface area contributed by atoms with Crippen LogP contribution in [0.15, 0.2) is 35.7 Å². The van der Waals surface area contributed by atoms with E-state index >= 15 is 0 Å². The van der Waals surface area contributed by atoms with E-state index in [-0.39, 0.29) is 10.7 Å². The van der Waals surface area contributed by atoms with Crippen LogP contribution in [-0.2, 0) is 9.59 Å². The molecule has 2 amide bonds. The molecule has 0 aromatic heterocycles. The average Bonchev–Trinajstić information content (AvgIpc) is 3.25. The number of nitriles is 1. The third-order valence-corrected chi connectivity index (χ3v) is 5.16. The van der Waals surface area contributed by atoms with E-state index in [4.69, 9.17) is 0 Å². The van der Waals surface area contributed by atoms with Gasteiger partial charge in [-0.3, -0.25) is 14.5 Å². The fourth-order valence-corrected chi connectivity index (χ4v) is 3.86. The van der Waals surface area contributed by atoms with Gasteiger partial charge in [0.1, 0.15) is 11.9 Å². The first-order valence-electron chi connectivity index (χ1n) is 8.84. The number of halogens is 3. The summed E-state index contributed by atoms with van der Waals surface area (Å²) in [6.45, 7) is 0. The average molecular weight is 392 g/mol. The molecule has 9 heteroatoms. The molecule has 0 unspecified atom stereocenters. The first-order chi connectivity index (χ1) is 13.2. The number of amides is 2. The fraction of sp³-hybridized carbons (Fsp3) is 0.421. The first-order valence-corrected chi connectivity index (χ1v) is 8.84. The molecule has 0 saturated heterocycles. The molecular weight excluding hydrogens is 373 g/mol. The summed E-state index contributed by atoms with van der Waals surface area (Å²) >= 11 is 0. The summed E-state index contributed by atoms with van der Waals surface area (Å²) in [5.41, 5.74) is 0.913. The second-order valence-corrected chi connectivity index (χ2v) is 6.83. The summed E-state index contributed by atoms with van der Waals surface area (Å²) in [6.07, 6.45) is -3.34. The number of carbonyl (C=O) groups excluding carboxylic acids is 2. The molecule has 1 aromatic rings. The highest BCUT2D eigenvalue weighted by Crippen LogP contribution is 2.41. The van der Waals surface area contributed by atoms with Gasteiger partial charge in [-0.25, -0.2) is 0 Å². The molecule has 0 bridgehead atoms. The van der Waals surface area contributed by atoms with Gasteiger partial charge in [-0.05, 0) is 25.0 Å². The molecule has 1 heterocycles. The van der Waals surface area contributed by atoms with Gasteiger partial charge in [-0.2, -0.15) is 18.4 Å². The van der Waals surface area contributed by atoms with Gasteiger partial charge in [0, 0.05) is 20.1 Å². The Morgan fingerprint density at radius 3 is 2.04 bits per heavy atom. The molecule has 0 spiro atoms. The van der Waals surface area contributed by atoms with E-state index < -0.39 is 29.6 Å². The summed E-state index contributed by atoms with van der Waals surface area (Å²) < 4.78 is 39.5. The lowest BCUT2D eigenvalue weighted by molar-refractivity contribution is -0.189. The van der Waals surface area contributed by atoms with Gasteiger partial charge >= 0.3 is 12.1 Å². The van der Waals surface area contributed by atoms with Crippen LogP contribution >= 0.6 is 0 Å². The third-order valence-electron chi connectivity index (χ3n) is 5.16. The van der Waals surface area contributed by atoms with Crippen molar-refractivity contribution in [3.05, 3.63) is 35.7 Å². The number of hydrogen-bond donors (Lipinski definition) is 0. The Morgan fingerprint density at radius 2 is 1.61 bits per heavy atom. The molecule has 28 heavy (non-hydrogen) atoms. The van der Waals surface area contributed by atoms with Gasteiger partial charge in [0.15, 0.2) is 5.57 Å². The molecule has 1 aliphatic heterocycles. The number of fused-ring (bicyclic) bond motifs is 1. The summed E-state index contributed by atoms with van der Waals surface area (Å²) in [6, 6.07) is 7.97. The molecule has 148 valence electrons. The number of hydrogen-bond acceptors (Lipinski definition) is 5. The highest BCUT2D eigenvalue weighted by molar-refractivity contribution is 6.09. The van der Waals surface area contributed by atoms with Crippen molar-refractivity contribution in [1.29, 1.82) is 5.26 Å². The van der Waals surface area contributed by atoms with Gasteiger partial charge in [0.05, 0.1) is 11.4 Å². The minimum absolute atomic E-state index is 0.145. The van der Waals surface area contributed by atoms with E-state index in [9.17, 15) is 28.0 Å². The van der Waals surface area contributed by atoms with Crippen molar-refractivity contribution in [2.45, 2.75) is 37.9 Å². The SMILES string of the molecule is CN1C(=C(C#N)C(=O)N(C(=O)C(F)(F)F)C2CCCC2)N(C)c2ccccc21. The number of alkyl halides is 3. The Bertz CT molecular complexity index is 851. The predicted molar refractivity (Wildman–Crippen MR) is 96.1 cm³/mol. The Morgan fingerprint density at radius 1 is 1.11 bits per heavy atom. The van der Waals surface area contributed by atoms with E-state index in [1.807, 2.05) is 0 Å². The number of para-hydroxylation sites is 2. The number of anilines is 2. The molecule has 1 saturated carbocycles. The van der Waals surface area contributed by atoms with E-state index in [2.05, 4.69) is 0 Å².